The van der Waals surface area contributed by atoms with Gasteiger partial charge in [-0.3, -0.25) is 0 Å². The Morgan fingerprint density at radius 1 is 1.10 bits per heavy atom. The summed E-state index contributed by atoms with van der Waals surface area (Å²) in [6.07, 6.45) is 0. The Bertz CT molecular complexity index is 764. The first-order chi connectivity index (χ1) is 9.81. The van der Waals surface area contributed by atoms with Crippen molar-refractivity contribution in [1.29, 1.82) is 0 Å². The first-order valence-corrected chi connectivity index (χ1v) is 8.06. The lowest BCUT2D eigenvalue weighted by Crippen LogP contribution is -2.24. The summed E-state index contributed by atoms with van der Waals surface area (Å²) in [7, 11) is -4.12. The largest absolute Gasteiger partial charge is 0.394 e. The van der Waals surface area contributed by atoms with Crippen molar-refractivity contribution in [3.05, 3.63) is 58.1 Å². The van der Waals surface area contributed by atoms with Gasteiger partial charge in [0.1, 0.15) is 16.4 Å². The predicted molar refractivity (Wildman–Crippen MR) is 78.9 cm³/mol. The third-order valence-corrected chi connectivity index (χ3v) is 4.71. The van der Waals surface area contributed by atoms with Crippen LogP contribution in [0.3, 0.4) is 0 Å². The van der Waals surface area contributed by atoms with E-state index >= 15 is 0 Å². The van der Waals surface area contributed by atoms with Gasteiger partial charge < -0.3 is 5.73 Å². The lowest BCUT2D eigenvalue weighted by Gasteiger charge is -2.09. The van der Waals surface area contributed by atoms with Crippen molar-refractivity contribution in [1.82, 2.24) is 4.72 Å². The van der Waals surface area contributed by atoms with Crippen LogP contribution in [-0.2, 0) is 16.6 Å². The Balaban J connectivity index is 2.23. The van der Waals surface area contributed by atoms with E-state index in [2.05, 4.69) is 20.7 Å². The Morgan fingerprint density at radius 2 is 1.71 bits per heavy atom. The number of sulfonamides is 1. The normalized spacial score (nSPS) is 11.6. The first kappa shape index (κ1) is 15.9. The minimum absolute atomic E-state index is 0.0215. The zero-order valence-electron chi connectivity index (χ0n) is 10.6. The summed E-state index contributed by atoms with van der Waals surface area (Å²) in [4.78, 5) is -0.682. The minimum Gasteiger partial charge on any atom is -0.394 e. The molecule has 2 aromatic carbocycles. The van der Waals surface area contributed by atoms with Crippen molar-refractivity contribution < 1.29 is 17.2 Å². The van der Waals surface area contributed by atoms with Crippen LogP contribution in [0.4, 0.5) is 14.5 Å². The van der Waals surface area contributed by atoms with Crippen LogP contribution in [-0.4, -0.2) is 8.42 Å². The fourth-order valence-corrected chi connectivity index (χ4v) is 2.98. The second-order valence-corrected chi connectivity index (χ2v) is 6.88. The quantitative estimate of drug-likeness (QED) is 0.805. The van der Waals surface area contributed by atoms with Gasteiger partial charge >= 0.3 is 0 Å². The van der Waals surface area contributed by atoms with Crippen LogP contribution < -0.4 is 10.5 Å². The van der Waals surface area contributed by atoms with Gasteiger partial charge in [0.25, 0.3) is 0 Å². The van der Waals surface area contributed by atoms with E-state index in [1.807, 2.05) is 0 Å². The van der Waals surface area contributed by atoms with Gasteiger partial charge in [-0.25, -0.2) is 21.9 Å². The van der Waals surface area contributed by atoms with Gasteiger partial charge in [-0.15, -0.1) is 0 Å². The van der Waals surface area contributed by atoms with Crippen LogP contribution in [0, 0.1) is 11.6 Å². The number of benzene rings is 2. The fraction of sp³-hybridized carbons (Fsp3) is 0.0769. The van der Waals surface area contributed by atoms with E-state index < -0.39 is 32.2 Å². The predicted octanol–water partition coefficient (Wildman–Crippen LogP) is 2.79. The van der Waals surface area contributed by atoms with E-state index in [4.69, 9.17) is 5.73 Å². The van der Waals surface area contributed by atoms with Gasteiger partial charge in [0.05, 0.1) is 0 Å². The van der Waals surface area contributed by atoms with Crippen LogP contribution in [0.25, 0.3) is 0 Å². The number of nitrogens with one attached hydrogen (secondary N) is 1. The summed E-state index contributed by atoms with van der Waals surface area (Å²) in [6, 6.07) is 8.57. The molecular formula is C13H11BrF2N2O2S. The minimum atomic E-state index is -4.12. The molecule has 112 valence electrons. The van der Waals surface area contributed by atoms with Gasteiger partial charge in [-0.05, 0) is 29.8 Å². The lowest BCUT2D eigenvalue weighted by atomic mass is 10.2. The Morgan fingerprint density at radius 3 is 2.33 bits per heavy atom. The standard InChI is InChI=1S/C13H11BrF2N2O2S/c14-9-3-1-8(2-4-9)7-18-21(19,20)11-6-5-10(15)13(17)12(11)16/h1-6,18H,7,17H2. The number of halogens is 3. The number of rotatable bonds is 4. The third-order valence-electron chi connectivity index (χ3n) is 2.76. The molecule has 0 bridgehead atoms. The number of anilines is 1. The summed E-state index contributed by atoms with van der Waals surface area (Å²) >= 11 is 3.26. The fourth-order valence-electron chi connectivity index (χ4n) is 1.62. The summed E-state index contributed by atoms with van der Waals surface area (Å²) < 4.78 is 53.9. The molecule has 0 heterocycles. The molecule has 0 saturated heterocycles. The van der Waals surface area contributed by atoms with Gasteiger partial charge in [0.15, 0.2) is 5.82 Å². The molecule has 0 fully saturated rings. The SMILES string of the molecule is Nc1c(F)ccc(S(=O)(=O)NCc2ccc(Br)cc2)c1F. The highest BCUT2D eigenvalue weighted by molar-refractivity contribution is 9.10. The molecule has 0 unspecified atom stereocenters. The number of nitrogen functional groups attached to an aromatic ring is 1. The van der Waals surface area contributed by atoms with Crippen LogP contribution >= 0.6 is 15.9 Å². The monoisotopic (exact) mass is 376 g/mol. The summed E-state index contributed by atoms with van der Waals surface area (Å²) in [6.45, 7) is -0.0215. The Labute approximate surface area is 129 Å². The van der Waals surface area contributed by atoms with E-state index in [1.54, 1.807) is 24.3 Å². The van der Waals surface area contributed by atoms with Crippen LogP contribution in [0.2, 0.25) is 0 Å². The molecule has 0 radical (unpaired) electrons. The smallest absolute Gasteiger partial charge is 0.243 e. The van der Waals surface area contributed by atoms with Crippen molar-refractivity contribution in [2.75, 3.05) is 5.73 Å². The molecule has 0 aliphatic heterocycles. The highest BCUT2D eigenvalue weighted by atomic mass is 79.9. The molecule has 4 nitrogen and oxygen atoms in total. The van der Waals surface area contributed by atoms with E-state index in [0.29, 0.717) is 5.56 Å². The van der Waals surface area contributed by atoms with Gasteiger partial charge in [-0.2, -0.15) is 0 Å². The highest BCUT2D eigenvalue weighted by Crippen LogP contribution is 2.22. The number of hydrogen-bond donors (Lipinski definition) is 2. The Hall–Kier alpha value is -1.51. The highest BCUT2D eigenvalue weighted by Gasteiger charge is 2.22. The first-order valence-electron chi connectivity index (χ1n) is 5.79. The molecular weight excluding hydrogens is 366 g/mol. The van der Waals surface area contributed by atoms with E-state index in [0.717, 1.165) is 16.6 Å². The molecule has 0 atom stereocenters. The maximum atomic E-state index is 13.7. The molecule has 21 heavy (non-hydrogen) atoms. The van der Waals surface area contributed by atoms with Crippen molar-refractivity contribution >= 4 is 31.6 Å². The topological polar surface area (TPSA) is 72.2 Å². The Kier molecular flexibility index (Phi) is 4.60. The average Bonchev–Trinajstić information content (AvgIpc) is 2.44. The molecule has 0 amide bonds. The van der Waals surface area contributed by atoms with Crippen LogP contribution in [0.15, 0.2) is 45.8 Å². The molecule has 0 aromatic heterocycles. The van der Waals surface area contributed by atoms with E-state index in [-0.39, 0.29) is 6.54 Å². The third kappa shape index (κ3) is 3.58. The molecule has 0 aliphatic rings. The zero-order valence-corrected chi connectivity index (χ0v) is 13.0. The van der Waals surface area contributed by atoms with Crippen molar-refractivity contribution in [2.45, 2.75) is 11.4 Å². The molecule has 0 spiro atoms. The maximum Gasteiger partial charge on any atom is 0.243 e. The van der Waals surface area contributed by atoms with Gasteiger partial charge in [0.2, 0.25) is 10.0 Å². The average molecular weight is 377 g/mol. The second-order valence-electron chi connectivity index (χ2n) is 4.22. The van der Waals surface area contributed by atoms with Crippen molar-refractivity contribution in [3.8, 4) is 0 Å². The van der Waals surface area contributed by atoms with E-state index in [1.165, 1.54) is 0 Å². The van der Waals surface area contributed by atoms with Crippen molar-refractivity contribution in [3.63, 3.8) is 0 Å². The molecule has 0 aliphatic carbocycles. The molecule has 0 saturated carbocycles. The van der Waals surface area contributed by atoms with Crippen LogP contribution in [0.5, 0.6) is 0 Å². The lowest BCUT2D eigenvalue weighted by molar-refractivity contribution is 0.548. The number of hydrogen-bond acceptors (Lipinski definition) is 3. The summed E-state index contributed by atoms with van der Waals surface area (Å²) in [5.74, 6) is -2.29. The van der Waals surface area contributed by atoms with Crippen molar-refractivity contribution in [2.24, 2.45) is 0 Å². The molecule has 2 aromatic rings. The molecule has 2 rings (SSSR count). The van der Waals surface area contributed by atoms with Gasteiger partial charge in [0, 0.05) is 11.0 Å². The second kappa shape index (κ2) is 6.08. The van der Waals surface area contributed by atoms with E-state index in [9.17, 15) is 17.2 Å². The molecule has 8 heteroatoms. The molecule has 3 N–H and O–H groups in total. The maximum absolute atomic E-state index is 13.7. The number of nitrogens with two attached hydrogens (primary N) is 1. The summed E-state index contributed by atoms with van der Waals surface area (Å²) in [5, 5.41) is 0. The van der Waals surface area contributed by atoms with Gasteiger partial charge in [-0.1, -0.05) is 28.1 Å². The van der Waals surface area contributed by atoms with Crippen LogP contribution in [0.1, 0.15) is 5.56 Å². The summed E-state index contributed by atoms with van der Waals surface area (Å²) in [5.41, 5.74) is 5.03. The zero-order chi connectivity index (χ0) is 15.6.